The Bertz CT molecular complexity index is 630. The summed E-state index contributed by atoms with van der Waals surface area (Å²) in [5.74, 6) is 0.601. The zero-order chi connectivity index (χ0) is 18.4. The molecule has 0 heterocycles. The van der Waals surface area contributed by atoms with Crippen LogP contribution in [0.4, 0.5) is 13.2 Å². The fourth-order valence-corrected chi connectivity index (χ4v) is 2.99. The molecule has 138 valence electrons. The summed E-state index contributed by atoms with van der Waals surface area (Å²) in [6.07, 6.45) is -4.26. The Morgan fingerprint density at radius 2 is 1.92 bits per heavy atom. The normalized spacial score (nSPS) is 12.6. The van der Waals surface area contributed by atoms with E-state index in [0.717, 1.165) is 0 Å². The maximum absolute atomic E-state index is 12.1. The van der Waals surface area contributed by atoms with Crippen molar-refractivity contribution in [2.75, 3.05) is 19.8 Å². The van der Waals surface area contributed by atoms with Gasteiger partial charge in [0.2, 0.25) is 10.0 Å². The minimum Gasteiger partial charge on any atom is -0.491 e. The average molecular weight is 369 g/mol. The Hall–Kier alpha value is -1.32. The van der Waals surface area contributed by atoms with E-state index in [-0.39, 0.29) is 30.6 Å². The second-order valence-electron chi connectivity index (χ2n) is 5.51. The smallest absolute Gasteiger partial charge is 0.411 e. The number of rotatable bonds is 9. The van der Waals surface area contributed by atoms with E-state index in [1.807, 2.05) is 13.8 Å². The molecule has 1 aromatic rings. The van der Waals surface area contributed by atoms with Gasteiger partial charge in [0, 0.05) is 13.2 Å². The van der Waals surface area contributed by atoms with Crippen LogP contribution < -0.4 is 9.46 Å². The molecule has 0 aliphatic rings. The molecule has 0 saturated carbocycles. The lowest BCUT2D eigenvalue weighted by molar-refractivity contribution is -0.173. The van der Waals surface area contributed by atoms with Gasteiger partial charge in [-0.15, -0.1) is 0 Å². The minimum atomic E-state index is -4.38. The summed E-state index contributed by atoms with van der Waals surface area (Å²) in [4.78, 5) is 0.0762. The Balaban J connectivity index is 2.52. The van der Waals surface area contributed by atoms with Crippen LogP contribution in [-0.4, -0.2) is 40.5 Å². The van der Waals surface area contributed by atoms with Gasteiger partial charge in [0.05, 0.1) is 11.0 Å². The van der Waals surface area contributed by atoms with Crippen molar-refractivity contribution >= 4 is 10.0 Å². The van der Waals surface area contributed by atoms with Crippen LogP contribution in [0.5, 0.6) is 5.75 Å². The molecular formula is C15H22F3NO4S. The topological polar surface area (TPSA) is 64.6 Å². The molecule has 1 rings (SSSR count). The lowest BCUT2D eigenvalue weighted by atomic mass is 10.2. The van der Waals surface area contributed by atoms with Gasteiger partial charge in [0.15, 0.2) is 0 Å². The van der Waals surface area contributed by atoms with E-state index >= 15 is 0 Å². The van der Waals surface area contributed by atoms with E-state index < -0.39 is 22.8 Å². The molecule has 0 atom stereocenters. The fraction of sp³-hybridized carbons (Fsp3) is 0.600. The number of hydrogen-bond acceptors (Lipinski definition) is 4. The van der Waals surface area contributed by atoms with Gasteiger partial charge < -0.3 is 9.47 Å². The number of benzene rings is 1. The highest BCUT2D eigenvalue weighted by Crippen LogP contribution is 2.22. The van der Waals surface area contributed by atoms with Crippen LogP contribution in [-0.2, 0) is 14.8 Å². The van der Waals surface area contributed by atoms with E-state index in [2.05, 4.69) is 9.46 Å². The Morgan fingerprint density at radius 3 is 2.46 bits per heavy atom. The van der Waals surface area contributed by atoms with Crippen LogP contribution in [0.1, 0.15) is 25.8 Å². The maximum atomic E-state index is 12.1. The third-order valence-corrected chi connectivity index (χ3v) is 4.30. The van der Waals surface area contributed by atoms with Gasteiger partial charge in [-0.3, -0.25) is 0 Å². The van der Waals surface area contributed by atoms with E-state index in [9.17, 15) is 21.6 Å². The first kappa shape index (κ1) is 20.7. The van der Waals surface area contributed by atoms with Gasteiger partial charge in [0.25, 0.3) is 0 Å². The SMILES string of the molecule is Cc1cc(S(=O)(=O)NCCCOCC(F)(F)F)ccc1OC(C)C. The zero-order valence-corrected chi connectivity index (χ0v) is 14.6. The van der Waals surface area contributed by atoms with E-state index in [4.69, 9.17) is 4.74 Å². The minimum absolute atomic E-state index is 0.0104. The lowest BCUT2D eigenvalue weighted by Gasteiger charge is -2.14. The van der Waals surface area contributed by atoms with Crippen molar-refractivity contribution in [3.63, 3.8) is 0 Å². The number of aryl methyl sites for hydroxylation is 1. The largest absolute Gasteiger partial charge is 0.491 e. The van der Waals surface area contributed by atoms with E-state index in [1.165, 1.54) is 12.1 Å². The third kappa shape index (κ3) is 7.50. The Labute approximate surface area is 140 Å². The van der Waals surface area contributed by atoms with Crippen molar-refractivity contribution in [3.05, 3.63) is 23.8 Å². The van der Waals surface area contributed by atoms with Crippen LogP contribution in [0.3, 0.4) is 0 Å². The summed E-state index contributed by atoms with van der Waals surface area (Å²) in [5.41, 5.74) is 0.681. The summed E-state index contributed by atoms with van der Waals surface area (Å²) >= 11 is 0. The van der Waals surface area contributed by atoms with Gasteiger partial charge in [-0.05, 0) is 51.0 Å². The number of halogens is 3. The number of sulfonamides is 1. The van der Waals surface area contributed by atoms with Crippen molar-refractivity contribution in [2.24, 2.45) is 0 Å². The summed E-state index contributed by atoms with van der Waals surface area (Å²) in [7, 11) is -3.73. The van der Waals surface area contributed by atoms with Crippen molar-refractivity contribution < 1.29 is 31.1 Å². The molecule has 1 N–H and O–H groups in total. The molecule has 0 radical (unpaired) electrons. The summed E-state index contributed by atoms with van der Waals surface area (Å²) in [6.45, 7) is 3.95. The standard InChI is InChI=1S/C15H22F3NO4S/c1-11(2)23-14-6-5-13(9-12(14)3)24(20,21)19-7-4-8-22-10-15(16,17)18/h5-6,9,11,19H,4,7-8,10H2,1-3H3. The highest BCUT2D eigenvalue weighted by atomic mass is 32.2. The van der Waals surface area contributed by atoms with Gasteiger partial charge in [0.1, 0.15) is 12.4 Å². The maximum Gasteiger partial charge on any atom is 0.411 e. The van der Waals surface area contributed by atoms with Gasteiger partial charge >= 0.3 is 6.18 Å². The van der Waals surface area contributed by atoms with Crippen molar-refractivity contribution in [1.29, 1.82) is 0 Å². The molecule has 1 aromatic carbocycles. The third-order valence-electron chi connectivity index (χ3n) is 2.84. The van der Waals surface area contributed by atoms with Crippen molar-refractivity contribution in [2.45, 2.75) is 44.4 Å². The highest BCUT2D eigenvalue weighted by Gasteiger charge is 2.27. The van der Waals surface area contributed by atoms with Gasteiger partial charge in [-0.25, -0.2) is 13.1 Å². The molecule has 0 amide bonds. The van der Waals surface area contributed by atoms with Crippen LogP contribution in [0.2, 0.25) is 0 Å². The van der Waals surface area contributed by atoms with Crippen molar-refractivity contribution in [1.82, 2.24) is 4.72 Å². The molecule has 0 aliphatic carbocycles. The summed E-state index contributed by atoms with van der Waals surface area (Å²) in [6, 6.07) is 4.49. The first-order chi connectivity index (χ1) is 11.0. The average Bonchev–Trinajstić information content (AvgIpc) is 2.43. The highest BCUT2D eigenvalue weighted by molar-refractivity contribution is 7.89. The second-order valence-corrected chi connectivity index (χ2v) is 7.28. The molecule has 0 unspecified atom stereocenters. The Morgan fingerprint density at radius 1 is 1.25 bits per heavy atom. The molecular weight excluding hydrogens is 347 g/mol. The first-order valence-electron chi connectivity index (χ1n) is 7.43. The number of alkyl halides is 3. The lowest BCUT2D eigenvalue weighted by Crippen LogP contribution is -2.26. The monoisotopic (exact) mass is 369 g/mol. The number of ether oxygens (including phenoxy) is 2. The zero-order valence-electron chi connectivity index (χ0n) is 13.8. The van der Waals surface area contributed by atoms with Gasteiger partial charge in [-0.2, -0.15) is 13.2 Å². The first-order valence-corrected chi connectivity index (χ1v) is 8.91. The number of hydrogen-bond donors (Lipinski definition) is 1. The summed E-state index contributed by atoms with van der Waals surface area (Å²) < 4.78 is 72.2. The van der Waals surface area contributed by atoms with Crippen LogP contribution in [0.15, 0.2) is 23.1 Å². The number of nitrogens with one attached hydrogen (secondary N) is 1. The van der Waals surface area contributed by atoms with Crippen molar-refractivity contribution in [3.8, 4) is 5.75 Å². The van der Waals surface area contributed by atoms with Crippen LogP contribution in [0, 0.1) is 6.92 Å². The fourth-order valence-electron chi connectivity index (χ4n) is 1.83. The predicted molar refractivity (Wildman–Crippen MR) is 83.6 cm³/mol. The molecule has 9 heteroatoms. The Kier molecular flexibility index (Phi) is 7.50. The molecule has 0 saturated heterocycles. The summed E-state index contributed by atoms with van der Waals surface area (Å²) in [5, 5.41) is 0. The molecule has 0 aliphatic heterocycles. The van der Waals surface area contributed by atoms with Crippen LogP contribution >= 0.6 is 0 Å². The van der Waals surface area contributed by atoms with Gasteiger partial charge in [-0.1, -0.05) is 0 Å². The molecule has 0 bridgehead atoms. The molecule has 5 nitrogen and oxygen atoms in total. The quantitative estimate of drug-likeness (QED) is 0.680. The van der Waals surface area contributed by atoms with Crippen LogP contribution in [0.25, 0.3) is 0 Å². The van der Waals surface area contributed by atoms with E-state index in [0.29, 0.717) is 11.3 Å². The molecule has 24 heavy (non-hydrogen) atoms. The molecule has 0 spiro atoms. The second kappa shape index (κ2) is 8.68. The molecule has 0 aromatic heterocycles. The van der Waals surface area contributed by atoms with E-state index in [1.54, 1.807) is 13.0 Å². The molecule has 0 fully saturated rings. The predicted octanol–water partition coefficient (Wildman–Crippen LogP) is 3.03.